The minimum absolute atomic E-state index is 0.122. The second-order valence-electron chi connectivity index (χ2n) is 5.30. The summed E-state index contributed by atoms with van der Waals surface area (Å²) in [4.78, 5) is 24.4. The standard InChI is InChI=1S/C16H18N6O2/c1-2-21-11-18-19-14(21)10-17-16(24)13-8-9-15(23)22(20-13)12-6-4-3-5-7-12/h3-7,11H,2,8-10H2,1H3,(H,17,24). The Morgan fingerprint density at radius 2 is 2.04 bits per heavy atom. The number of carbonyl (C=O) groups excluding carboxylic acids is 2. The molecule has 3 rings (SSSR count). The molecule has 1 N–H and O–H groups in total. The maximum Gasteiger partial charge on any atom is 0.267 e. The van der Waals surface area contributed by atoms with Gasteiger partial charge in [-0.1, -0.05) is 18.2 Å². The summed E-state index contributed by atoms with van der Waals surface area (Å²) in [5, 5.41) is 16.1. The van der Waals surface area contributed by atoms with Crippen LogP contribution in [0, 0.1) is 0 Å². The number of hydrogen-bond donors (Lipinski definition) is 1. The van der Waals surface area contributed by atoms with Gasteiger partial charge in [0.2, 0.25) is 5.91 Å². The zero-order valence-corrected chi connectivity index (χ0v) is 13.3. The van der Waals surface area contributed by atoms with Gasteiger partial charge in [-0.2, -0.15) is 5.10 Å². The van der Waals surface area contributed by atoms with Gasteiger partial charge in [-0.05, 0) is 19.1 Å². The number of carbonyl (C=O) groups is 2. The summed E-state index contributed by atoms with van der Waals surface area (Å²) >= 11 is 0. The zero-order valence-electron chi connectivity index (χ0n) is 13.3. The van der Waals surface area contributed by atoms with Crippen molar-refractivity contribution in [2.75, 3.05) is 5.01 Å². The van der Waals surface area contributed by atoms with E-state index in [9.17, 15) is 9.59 Å². The summed E-state index contributed by atoms with van der Waals surface area (Å²) in [6.45, 7) is 2.98. The van der Waals surface area contributed by atoms with Gasteiger partial charge in [-0.25, -0.2) is 5.01 Å². The van der Waals surface area contributed by atoms with E-state index in [-0.39, 0.29) is 24.8 Å². The molecule has 0 saturated carbocycles. The SMILES string of the molecule is CCn1cnnc1CNC(=O)C1=NN(c2ccccc2)C(=O)CC1. The molecular weight excluding hydrogens is 308 g/mol. The zero-order chi connectivity index (χ0) is 16.9. The van der Waals surface area contributed by atoms with Crippen molar-refractivity contribution in [2.45, 2.75) is 32.9 Å². The van der Waals surface area contributed by atoms with Crippen LogP contribution in [-0.2, 0) is 22.7 Å². The van der Waals surface area contributed by atoms with Crippen LogP contribution in [0.15, 0.2) is 41.8 Å². The highest BCUT2D eigenvalue weighted by atomic mass is 16.2. The van der Waals surface area contributed by atoms with Crippen LogP contribution in [0.25, 0.3) is 0 Å². The van der Waals surface area contributed by atoms with Gasteiger partial charge in [0.05, 0.1) is 12.2 Å². The number of benzene rings is 1. The first-order valence-electron chi connectivity index (χ1n) is 7.79. The van der Waals surface area contributed by atoms with Gasteiger partial charge in [0.15, 0.2) is 5.82 Å². The monoisotopic (exact) mass is 326 g/mol. The highest BCUT2D eigenvalue weighted by molar-refractivity contribution is 6.40. The molecule has 1 aliphatic rings. The molecule has 124 valence electrons. The summed E-state index contributed by atoms with van der Waals surface area (Å²) in [5.74, 6) is 0.260. The Morgan fingerprint density at radius 1 is 1.25 bits per heavy atom. The van der Waals surface area contributed by atoms with E-state index in [4.69, 9.17) is 0 Å². The van der Waals surface area contributed by atoms with Crippen LogP contribution in [0.5, 0.6) is 0 Å². The minimum Gasteiger partial charge on any atom is -0.344 e. The Hall–Kier alpha value is -3.03. The molecule has 2 amide bonds. The average molecular weight is 326 g/mol. The van der Waals surface area contributed by atoms with Crippen LogP contribution in [0.1, 0.15) is 25.6 Å². The number of rotatable bonds is 5. The molecule has 0 radical (unpaired) electrons. The predicted octanol–water partition coefficient (Wildman–Crippen LogP) is 1.10. The van der Waals surface area contributed by atoms with Crippen LogP contribution in [-0.4, -0.2) is 32.3 Å². The largest absolute Gasteiger partial charge is 0.344 e. The van der Waals surface area contributed by atoms with Gasteiger partial charge in [-0.15, -0.1) is 10.2 Å². The first-order valence-corrected chi connectivity index (χ1v) is 7.79. The molecule has 0 atom stereocenters. The molecule has 0 aliphatic carbocycles. The van der Waals surface area contributed by atoms with Crippen molar-refractivity contribution in [3.63, 3.8) is 0 Å². The van der Waals surface area contributed by atoms with E-state index in [1.807, 2.05) is 29.7 Å². The second-order valence-corrected chi connectivity index (χ2v) is 5.30. The first kappa shape index (κ1) is 15.9. The van der Waals surface area contributed by atoms with Crippen LogP contribution in [0.4, 0.5) is 5.69 Å². The van der Waals surface area contributed by atoms with E-state index in [2.05, 4.69) is 20.6 Å². The van der Waals surface area contributed by atoms with E-state index >= 15 is 0 Å². The van der Waals surface area contributed by atoms with E-state index < -0.39 is 0 Å². The molecule has 0 spiro atoms. The molecule has 8 nitrogen and oxygen atoms in total. The Morgan fingerprint density at radius 3 is 2.79 bits per heavy atom. The molecule has 0 saturated heterocycles. The van der Waals surface area contributed by atoms with Crippen LogP contribution >= 0.6 is 0 Å². The quantitative estimate of drug-likeness (QED) is 0.890. The number of hydrogen-bond acceptors (Lipinski definition) is 5. The number of nitrogens with one attached hydrogen (secondary N) is 1. The Bertz CT molecular complexity index is 768. The fraction of sp³-hybridized carbons (Fsp3) is 0.312. The molecule has 1 aliphatic heterocycles. The average Bonchev–Trinajstić information content (AvgIpc) is 3.08. The van der Waals surface area contributed by atoms with Crippen LogP contribution in [0.3, 0.4) is 0 Å². The maximum atomic E-state index is 12.3. The normalized spacial score (nSPS) is 14.5. The van der Waals surface area contributed by atoms with Gasteiger partial charge < -0.3 is 9.88 Å². The summed E-state index contributed by atoms with van der Waals surface area (Å²) < 4.78 is 1.85. The molecule has 0 unspecified atom stereocenters. The number of hydrazone groups is 1. The third-order valence-corrected chi connectivity index (χ3v) is 3.74. The molecule has 2 aromatic rings. The fourth-order valence-corrected chi connectivity index (χ4v) is 2.43. The lowest BCUT2D eigenvalue weighted by atomic mass is 10.1. The van der Waals surface area contributed by atoms with Crippen LogP contribution < -0.4 is 10.3 Å². The Kier molecular flexibility index (Phi) is 4.64. The number of amides is 2. The van der Waals surface area contributed by atoms with Crippen LogP contribution in [0.2, 0.25) is 0 Å². The maximum absolute atomic E-state index is 12.3. The molecule has 1 aromatic carbocycles. The van der Waals surface area contributed by atoms with E-state index in [1.165, 1.54) is 5.01 Å². The van der Waals surface area contributed by atoms with Crippen molar-refractivity contribution in [1.29, 1.82) is 0 Å². The number of nitrogens with zero attached hydrogens (tertiary/aromatic N) is 5. The van der Waals surface area contributed by atoms with E-state index in [1.54, 1.807) is 18.5 Å². The van der Waals surface area contributed by atoms with Crippen molar-refractivity contribution in [2.24, 2.45) is 5.10 Å². The van der Waals surface area contributed by atoms with Gasteiger partial charge in [0, 0.05) is 19.4 Å². The number of aromatic nitrogens is 3. The predicted molar refractivity (Wildman–Crippen MR) is 88.1 cm³/mol. The van der Waals surface area contributed by atoms with E-state index in [0.717, 1.165) is 6.54 Å². The Labute approximate surface area is 139 Å². The number of anilines is 1. The lowest BCUT2D eigenvalue weighted by molar-refractivity contribution is -0.119. The van der Waals surface area contributed by atoms with Gasteiger partial charge >= 0.3 is 0 Å². The molecular formula is C16H18N6O2. The van der Waals surface area contributed by atoms with E-state index in [0.29, 0.717) is 23.6 Å². The highest BCUT2D eigenvalue weighted by Gasteiger charge is 2.25. The summed E-state index contributed by atoms with van der Waals surface area (Å²) in [7, 11) is 0. The van der Waals surface area contributed by atoms with Gasteiger partial charge in [-0.3, -0.25) is 9.59 Å². The van der Waals surface area contributed by atoms with Crippen molar-refractivity contribution < 1.29 is 9.59 Å². The summed E-state index contributed by atoms with van der Waals surface area (Å²) in [5.41, 5.74) is 0.985. The van der Waals surface area contributed by atoms with Gasteiger partial charge in [0.1, 0.15) is 12.0 Å². The van der Waals surface area contributed by atoms with Crippen molar-refractivity contribution in [1.82, 2.24) is 20.1 Å². The molecule has 24 heavy (non-hydrogen) atoms. The summed E-state index contributed by atoms with van der Waals surface area (Å²) in [6, 6.07) is 9.07. The first-order chi connectivity index (χ1) is 11.7. The lowest BCUT2D eigenvalue weighted by Gasteiger charge is -2.23. The number of aryl methyl sites for hydroxylation is 1. The third kappa shape index (κ3) is 3.32. The van der Waals surface area contributed by atoms with Crippen molar-refractivity contribution >= 4 is 23.2 Å². The molecule has 0 fully saturated rings. The topological polar surface area (TPSA) is 92.5 Å². The third-order valence-electron chi connectivity index (χ3n) is 3.74. The smallest absolute Gasteiger partial charge is 0.267 e. The fourth-order valence-electron chi connectivity index (χ4n) is 2.43. The van der Waals surface area contributed by atoms with Crippen molar-refractivity contribution in [3.8, 4) is 0 Å². The summed E-state index contributed by atoms with van der Waals surface area (Å²) in [6.07, 6.45) is 2.20. The second kappa shape index (κ2) is 7.03. The highest BCUT2D eigenvalue weighted by Crippen LogP contribution is 2.19. The molecule has 1 aromatic heterocycles. The lowest BCUT2D eigenvalue weighted by Crippen LogP contribution is -2.39. The molecule has 8 heteroatoms. The number of para-hydroxylation sites is 1. The molecule has 2 heterocycles. The van der Waals surface area contributed by atoms with Crippen molar-refractivity contribution in [3.05, 3.63) is 42.5 Å². The molecule has 0 bridgehead atoms. The van der Waals surface area contributed by atoms with Gasteiger partial charge in [0.25, 0.3) is 5.91 Å². The Balaban J connectivity index is 1.71. The minimum atomic E-state index is -0.297.